The van der Waals surface area contributed by atoms with Crippen LogP contribution in [0.3, 0.4) is 0 Å². The van der Waals surface area contributed by atoms with Gasteiger partial charge in [-0.05, 0) is 50.3 Å². The third kappa shape index (κ3) is 2.18. The molecule has 100 valence electrons. The normalized spacial score (nSPS) is 14.8. The first-order chi connectivity index (χ1) is 9.06. The summed E-state index contributed by atoms with van der Waals surface area (Å²) >= 11 is 0. The highest BCUT2D eigenvalue weighted by molar-refractivity contribution is 5.76. The van der Waals surface area contributed by atoms with Crippen LogP contribution in [0.4, 0.5) is 11.4 Å². The smallest absolute Gasteiger partial charge is 0.0674 e. The van der Waals surface area contributed by atoms with Gasteiger partial charge in [-0.1, -0.05) is 6.07 Å². The number of hydrogen-bond acceptors (Lipinski definition) is 3. The predicted molar refractivity (Wildman–Crippen MR) is 78.7 cm³/mol. The Morgan fingerprint density at radius 1 is 1.21 bits per heavy atom. The molecule has 0 unspecified atom stereocenters. The molecule has 1 aliphatic carbocycles. The zero-order valence-electron chi connectivity index (χ0n) is 11.5. The van der Waals surface area contributed by atoms with Crippen LogP contribution in [0.2, 0.25) is 0 Å². The second-order valence-electron chi connectivity index (χ2n) is 5.52. The lowest BCUT2D eigenvalue weighted by Crippen LogP contribution is -2.04. The first-order valence-electron chi connectivity index (χ1n) is 6.75. The van der Waals surface area contributed by atoms with Gasteiger partial charge in [-0.2, -0.15) is 5.10 Å². The summed E-state index contributed by atoms with van der Waals surface area (Å²) < 4.78 is 2.13. The molecule has 0 atom stereocenters. The van der Waals surface area contributed by atoms with Crippen molar-refractivity contribution < 1.29 is 0 Å². The third-order valence-electron chi connectivity index (χ3n) is 3.89. The molecule has 1 aromatic carbocycles. The van der Waals surface area contributed by atoms with Crippen LogP contribution in [0.5, 0.6) is 0 Å². The quantitative estimate of drug-likeness (QED) is 0.829. The number of aromatic nitrogens is 2. The molecule has 0 amide bonds. The fraction of sp³-hybridized carbons (Fsp3) is 0.400. The average Bonchev–Trinajstić information content (AvgIpc) is 3.12. The molecule has 1 fully saturated rings. The minimum Gasteiger partial charge on any atom is -0.397 e. The van der Waals surface area contributed by atoms with E-state index in [4.69, 9.17) is 11.5 Å². The van der Waals surface area contributed by atoms with Gasteiger partial charge in [0, 0.05) is 17.8 Å². The highest BCUT2D eigenvalue weighted by atomic mass is 15.3. The number of nitrogens with zero attached hydrogens (tertiary/aromatic N) is 2. The number of hydrogen-bond donors (Lipinski definition) is 2. The van der Waals surface area contributed by atoms with Gasteiger partial charge in [0.15, 0.2) is 0 Å². The Morgan fingerprint density at radius 2 is 1.95 bits per heavy atom. The van der Waals surface area contributed by atoms with E-state index in [0.717, 1.165) is 23.7 Å². The Hall–Kier alpha value is -1.97. The van der Waals surface area contributed by atoms with Gasteiger partial charge in [0.25, 0.3) is 0 Å². The van der Waals surface area contributed by atoms with E-state index in [1.165, 1.54) is 24.1 Å². The van der Waals surface area contributed by atoms with Gasteiger partial charge in [-0.15, -0.1) is 0 Å². The highest BCUT2D eigenvalue weighted by Gasteiger charge is 2.24. The molecular weight excluding hydrogens is 236 g/mol. The lowest BCUT2D eigenvalue weighted by molar-refractivity contribution is 0.547. The number of benzene rings is 1. The van der Waals surface area contributed by atoms with Crippen LogP contribution < -0.4 is 11.5 Å². The van der Waals surface area contributed by atoms with Gasteiger partial charge in [-0.3, -0.25) is 4.68 Å². The largest absolute Gasteiger partial charge is 0.397 e. The van der Waals surface area contributed by atoms with Crippen molar-refractivity contribution in [3.63, 3.8) is 0 Å². The molecule has 1 aromatic heterocycles. The lowest BCUT2D eigenvalue weighted by Gasteiger charge is -2.07. The van der Waals surface area contributed by atoms with E-state index in [1.54, 1.807) is 0 Å². The first kappa shape index (κ1) is 12.1. The Labute approximate surface area is 113 Å². The fourth-order valence-electron chi connectivity index (χ4n) is 2.57. The Bertz CT molecular complexity index is 623. The van der Waals surface area contributed by atoms with Gasteiger partial charge in [0.05, 0.1) is 17.1 Å². The Morgan fingerprint density at radius 3 is 2.58 bits per heavy atom. The van der Waals surface area contributed by atoms with Gasteiger partial charge in [0.2, 0.25) is 0 Å². The molecule has 0 spiro atoms. The van der Waals surface area contributed by atoms with Crippen molar-refractivity contribution in [2.75, 3.05) is 11.5 Å². The van der Waals surface area contributed by atoms with E-state index in [0.29, 0.717) is 11.4 Å². The van der Waals surface area contributed by atoms with Crippen molar-refractivity contribution in [3.05, 3.63) is 29.6 Å². The molecule has 4 nitrogen and oxygen atoms in total. The number of rotatable bonds is 3. The summed E-state index contributed by atoms with van der Waals surface area (Å²) in [5, 5.41) is 4.66. The Kier molecular flexibility index (Phi) is 2.73. The maximum absolute atomic E-state index is 5.90. The maximum Gasteiger partial charge on any atom is 0.0674 e. The molecule has 19 heavy (non-hydrogen) atoms. The lowest BCUT2D eigenvalue weighted by atomic mass is 10.0. The minimum absolute atomic E-state index is 0.629. The van der Waals surface area contributed by atoms with Crippen molar-refractivity contribution in [3.8, 4) is 11.1 Å². The molecular formula is C15H20N4. The molecule has 3 rings (SSSR count). The topological polar surface area (TPSA) is 69.9 Å². The van der Waals surface area contributed by atoms with Crippen LogP contribution in [-0.2, 0) is 6.54 Å². The third-order valence-corrected chi connectivity index (χ3v) is 3.89. The van der Waals surface area contributed by atoms with Crippen LogP contribution in [0.1, 0.15) is 24.2 Å². The summed E-state index contributed by atoms with van der Waals surface area (Å²) in [4.78, 5) is 0. The molecule has 2 aromatic rings. The number of nitrogens with two attached hydrogens (primary N) is 2. The summed E-state index contributed by atoms with van der Waals surface area (Å²) in [5.41, 5.74) is 17.5. The van der Waals surface area contributed by atoms with Crippen LogP contribution in [-0.4, -0.2) is 9.78 Å². The standard InChI is InChI=1S/C15H20N4/c1-9-15(12-5-6-13(16)14(17)7-12)10(2)19(18-9)8-11-3-4-11/h5-7,11H,3-4,8,16-17H2,1-2H3. The van der Waals surface area contributed by atoms with Gasteiger partial charge < -0.3 is 11.5 Å². The van der Waals surface area contributed by atoms with Crippen molar-refractivity contribution >= 4 is 11.4 Å². The molecule has 4 N–H and O–H groups in total. The van der Waals surface area contributed by atoms with E-state index in [1.807, 2.05) is 18.2 Å². The SMILES string of the molecule is Cc1nn(CC2CC2)c(C)c1-c1ccc(N)c(N)c1. The fourth-order valence-corrected chi connectivity index (χ4v) is 2.57. The van der Waals surface area contributed by atoms with Crippen LogP contribution in [0, 0.1) is 19.8 Å². The van der Waals surface area contributed by atoms with E-state index >= 15 is 0 Å². The van der Waals surface area contributed by atoms with E-state index in [-0.39, 0.29) is 0 Å². The van der Waals surface area contributed by atoms with Gasteiger partial charge >= 0.3 is 0 Å². The van der Waals surface area contributed by atoms with Crippen LogP contribution >= 0.6 is 0 Å². The molecule has 0 bridgehead atoms. The predicted octanol–water partition coefficient (Wildman–Crippen LogP) is 2.74. The molecule has 0 saturated heterocycles. The van der Waals surface area contributed by atoms with E-state index < -0.39 is 0 Å². The van der Waals surface area contributed by atoms with Crippen molar-refractivity contribution in [2.45, 2.75) is 33.2 Å². The van der Waals surface area contributed by atoms with Crippen molar-refractivity contribution in [1.82, 2.24) is 9.78 Å². The minimum atomic E-state index is 0.629. The number of anilines is 2. The molecule has 1 heterocycles. The second kappa shape index (κ2) is 4.30. The zero-order chi connectivity index (χ0) is 13.6. The number of aryl methyl sites for hydroxylation is 1. The molecule has 0 radical (unpaired) electrons. The Balaban J connectivity index is 2.03. The van der Waals surface area contributed by atoms with Crippen LogP contribution in [0.15, 0.2) is 18.2 Å². The van der Waals surface area contributed by atoms with Gasteiger partial charge in [-0.25, -0.2) is 0 Å². The maximum atomic E-state index is 5.90. The van der Waals surface area contributed by atoms with Crippen molar-refractivity contribution in [1.29, 1.82) is 0 Å². The summed E-state index contributed by atoms with van der Waals surface area (Å²) in [5.74, 6) is 0.822. The molecule has 4 heteroatoms. The summed E-state index contributed by atoms with van der Waals surface area (Å²) in [6, 6.07) is 5.82. The summed E-state index contributed by atoms with van der Waals surface area (Å²) in [6.07, 6.45) is 2.67. The number of nitrogen functional groups attached to an aromatic ring is 2. The first-order valence-corrected chi connectivity index (χ1v) is 6.75. The molecule has 1 aliphatic rings. The summed E-state index contributed by atoms with van der Waals surface area (Å²) in [7, 11) is 0. The monoisotopic (exact) mass is 256 g/mol. The van der Waals surface area contributed by atoms with Crippen molar-refractivity contribution in [2.24, 2.45) is 5.92 Å². The van der Waals surface area contributed by atoms with E-state index in [2.05, 4.69) is 23.6 Å². The average molecular weight is 256 g/mol. The molecule has 0 aliphatic heterocycles. The highest BCUT2D eigenvalue weighted by Crippen LogP contribution is 2.34. The van der Waals surface area contributed by atoms with Gasteiger partial charge in [0.1, 0.15) is 0 Å². The zero-order valence-corrected chi connectivity index (χ0v) is 11.5. The summed E-state index contributed by atoms with van der Waals surface area (Å²) in [6.45, 7) is 5.22. The second-order valence-corrected chi connectivity index (χ2v) is 5.52. The van der Waals surface area contributed by atoms with E-state index in [9.17, 15) is 0 Å². The van der Waals surface area contributed by atoms with Crippen LogP contribution in [0.25, 0.3) is 11.1 Å². The molecule has 1 saturated carbocycles.